The average molecular weight is 313 g/mol. The fourth-order valence-electron chi connectivity index (χ4n) is 2.49. The number of hydrogen-bond donors (Lipinski definition) is 2. The molecule has 1 aliphatic heterocycles. The molecule has 2 rings (SSSR count). The molecule has 0 saturated carbocycles. The van der Waals surface area contributed by atoms with E-state index in [1.807, 2.05) is 0 Å². The van der Waals surface area contributed by atoms with Gasteiger partial charge in [0.05, 0.1) is 0 Å². The van der Waals surface area contributed by atoms with Gasteiger partial charge in [-0.3, -0.25) is 0 Å². The summed E-state index contributed by atoms with van der Waals surface area (Å²) in [5.74, 6) is 0. The van der Waals surface area contributed by atoms with Crippen LogP contribution in [0.1, 0.15) is 18.9 Å². The number of anilines is 1. The number of benzene rings is 1. The van der Waals surface area contributed by atoms with Gasteiger partial charge in [-0.2, -0.15) is 0 Å². The third kappa shape index (κ3) is 3.05. The molecule has 2 N–H and O–H groups in total. The largest absolute Gasteiger partial charge is 0.396 e. The lowest BCUT2D eigenvalue weighted by molar-refractivity contribution is 0.260. The smallest absolute Gasteiger partial charge is 0.0451 e. The molecule has 0 radical (unpaired) electrons. The molecule has 0 aromatic heterocycles. The van der Waals surface area contributed by atoms with Crippen LogP contribution in [0.15, 0.2) is 22.7 Å². The van der Waals surface area contributed by atoms with E-state index in [0.717, 1.165) is 24.0 Å². The molecular weight excluding hydrogens is 292 g/mol. The van der Waals surface area contributed by atoms with E-state index in [0.29, 0.717) is 12.1 Å². The molecule has 0 amide bonds. The van der Waals surface area contributed by atoms with Gasteiger partial charge in [-0.1, -0.05) is 15.9 Å². The summed E-state index contributed by atoms with van der Waals surface area (Å²) in [6.07, 6.45) is 0.814. The quantitative estimate of drug-likeness (QED) is 0.899. The molecule has 18 heavy (non-hydrogen) atoms. The Morgan fingerprint density at radius 2 is 2.28 bits per heavy atom. The first-order valence-corrected chi connectivity index (χ1v) is 7.28. The topological polar surface area (TPSA) is 35.5 Å². The molecule has 0 aliphatic carbocycles. The van der Waals surface area contributed by atoms with Gasteiger partial charge >= 0.3 is 0 Å². The summed E-state index contributed by atoms with van der Waals surface area (Å²) >= 11 is 3.54. The van der Waals surface area contributed by atoms with Crippen LogP contribution in [-0.2, 0) is 0 Å². The maximum absolute atomic E-state index is 9.19. The second-order valence-corrected chi connectivity index (χ2v) is 5.92. The van der Waals surface area contributed by atoms with E-state index in [2.05, 4.69) is 58.2 Å². The first-order chi connectivity index (χ1) is 8.61. The van der Waals surface area contributed by atoms with Gasteiger partial charge in [0.25, 0.3) is 0 Å². The van der Waals surface area contributed by atoms with Gasteiger partial charge in [-0.15, -0.1) is 0 Å². The van der Waals surface area contributed by atoms with Crippen LogP contribution < -0.4 is 10.2 Å². The van der Waals surface area contributed by atoms with Crippen LogP contribution in [0.3, 0.4) is 0 Å². The average Bonchev–Trinajstić information content (AvgIpc) is 2.35. The summed E-state index contributed by atoms with van der Waals surface area (Å²) in [6.45, 7) is 6.49. The van der Waals surface area contributed by atoms with Crippen LogP contribution in [0.25, 0.3) is 0 Å². The Kier molecular flexibility index (Phi) is 4.65. The third-order valence-electron chi connectivity index (χ3n) is 3.55. The van der Waals surface area contributed by atoms with Crippen molar-refractivity contribution >= 4 is 21.6 Å². The molecule has 1 saturated heterocycles. The highest BCUT2D eigenvalue weighted by Gasteiger charge is 2.25. The van der Waals surface area contributed by atoms with Gasteiger partial charge in [-0.05, 0) is 44.0 Å². The molecule has 100 valence electrons. The Bertz CT molecular complexity index is 411. The van der Waals surface area contributed by atoms with Crippen molar-refractivity contribution in [3.05, 3.63) is 28.2 Å². The number of halogens is 1. The molecule has 0 spiro atoms. The lowest BCUT2D eigenvalue weighted by Gasteiger charge is -2.41. The van der Waals surface area contributed by atoms with Crippen molar-refractivity contribution < 1.29 is 5.11 Å². The van der Waals surface area contributed by atoms with Gasteiger partial charge < -0.3 is 15.3 Å². The molecule has 1 aromatic carbocycles. The van der Waals surface area contributed by atoms with Crippen molar-refractivity contribution in [3.63, 3.8) is 0 Å². The number of aliphatic hydroxyl groups is 1. The number of aryl methyl sites for hydroxylation is 1. The predicted octanol–water partition coefficient (Wildman–Crippen LogP) is 2.31. The van der Waals surface area contributed by atoms with Crippen LogP contribution >= 0.6 is 15.9 Å². The zero-order valence-corrected chi connectivity index (χ0v) is 12.6. The molecule has 3 nitrogen and oxygen atoms in total. The molecule has 2 atom stereocenters. The lowest BCUT2D eigenvalue weighted by Crippen LogP contribution is -2.56. The summed E-state index contributed by atoms with van der Waals surface area (Å²) < 4.78 is 1.15. The Labute approximate surface area is 117 Å². The zero-order chi connectivity index (χ0) is 13.1. The normalized spacial score (nSPS) is 24.3. The summed E-state index contributed by atoms with van der Waals surface area (Å²) in [5, 5.41) is 12.7. The van der Waals surface area contributed by atoms with Crippen molar-refractivity contribution in [2.24, 2.45) is 0 Å². The highest BCUT2D eigenvalue weighted by Crippen LogP contribution is 2.26. The second kappa shape index (κ2) is 6.04. The summed E-state index contributed by atoms with van der Waals surface area (Å²) in [7, 11) is 0. The van der Waals surface area contributed by atoms with Crippen LogP contribution in [-0.4, -0.2) is 36.9 Å². The van der Waals surface area contributed by atoms with Gasteiger partial charge in [0.15, 0.2) is 0 Å². The molecule has 1 fully saturated rings. The van der Waals surface area contributed by atoms with E-state index < -0.39 is 0 Å². The van der Waals surface area contributed by atoms with Crippen LogP contribution in [0.2, 0.25) is 0 Å². The second-order valence-electron chi connectivity index (χ2n) is 5.06. The van der Waals surface area contributed by atoms with E-state index in [4.69, 9.17) is 0 Å². The standard InChI is InChI=1S/C14H21BrN2O/c1-10-7-12(3-4-14(10)15)17-9-11(2)16-8-13(17)5-6-18/h3-4,7,11,13,16,18H,5-6,8-9H2,1-2H3. The minimum Gasteiger partial charge on any atom is -0.396 e. The number of rotatable bonds is 3. The van der Waals surface area contributed by atoms with E-state index in [1.165, 1.54) is 11.3 Å². The number of hydrogen-bond acceptors (Lipinski definition) is 3. The fourth-order valence-corrected chi connectivity index (χ4v) is 2.73. The van der Waals surface area contributed by atoms with Crippen LogP contribution in [0.4, 0.5) is 5.69 Å². The van der Waals surface area contributed by atoms with Crippen molar-refractivity contribution in [1.29, 1.82) is 0 Å². The van der Waals surface area contributed by atoms with E-state index >= 15 is 0 Å². The Hall–Kier alpha value is -0.580. The molecule has 1 aromatic rings. The van der Waals surface area contributed by atoms with Gasteiger partial charge in [-0.25, -0.2) is 0 Å². The minimum absolute atomic E-state index is 0.243. The molecular formula is C14H21BrN2O. The monoisotopic (exact) mass is 312 g/mol. The number of nitrogens with one attached hydrogen (secondary N) is 1. The predicted molar refractivity (Wildman–Crippen MR) is 79.2 cm³/mol. The van der Waals surface area contributed by atoms with Crippen LogP contribution in [0.5, 0.6) is 0 Å². The zero-order valence-electron chi connectivity index (χ0n) is 11.0. The van der Waals surface area contributed by atoms with Crippen molar-refractivity contribution in [2.45, 2.75) is 32.4 Å². The highest BCUT2D eigenvalue weighted by molar-refractivity contribution is 9.10. The van der Waals surface area contributed by atoms with E-state index in [-0.39, 0.29) is 6.61 Å². The third-order valence-corrected chi connectivity index (χ3v) is 4.44. The number of piperazine rings is 1. The van der Waals surface area contributed by atoms with Gasteiger partial charge in [0, 0.05) is 41.9 Å². The Morgan fingerprint density at radius 3 is 2.94 bits per heavy atom. The molecule has 0 bridgehead atoms. The molecule has 2 unspecified atom stereocenters. The van der Waals surface area contributed by atoms with Gasteiger partial charge in [0.1, 0.15) is 0 Å². The molecule has 4 heteroatoms. The molecule has 1 aliphatic rings. The SMILES string of the molecule is Cc1cc(N2CC(C)NCC2CCO)ccc1Br. The van der Waals surface area contributed by atoms with Crippen molar-refractivity contribution in [1.82, 2.24) is 5.32 Å². The Balaban J connectivity index is 2.23. The summed E-state index contributed by atoms with van der Waals surface area (Å²) in [5.41, 5.74) is 2.50. The summed E-state index contributed by atoms with van der Waals surface area (Å²) in [4.78, 5) is 2.41. The van der Waals surface area contributed by atoms with E-state index in [9.17, 15) is 5.11 Å². The minimum atomic E-state index is 0.243. The first kappa shape index (κ1) is 13.8. The number of aliphatic hydroxyl groups excluding tert-OH is 1. The fraction of sp³-hybridized carbons (Fsp3) is 0.571. The van der Waals surface area contributed by atoms with Crippen LogP contribution in [0, 0.1) is 6.92 Å². The van der Waals surface area contributed by atoms with E-state index in [1.54, 1.807) is 0 Å². The van der Waals surface area contributed by atoms with Crippen molar-refractivity contribution in [2.75, 3.05) is 24.6 Å². The lowest BCUT2D eigenvalue weighted by atomic mass is 10.0. The first-order valence-electron chi connectivity index (χ1n) is 6.49. The van der Waals surface area contributed by atoms with Gasteiger partial charge in [0.2, 0.25) is 0 Å². The maximum Gasteiger partial charge on any atom is 0.0451 e. The van der Waals surface area contributed by atoms with Crippen molar-refractivity contribution in [3.8, 4) is 0 Å². The highest BCUT2D eigenvalue weighted by atomic mass is 79.9. The Morgan fingerprint density at radius 1 is 1.50 bits per heavy atom. The maximum atomic E-state index is 9.19. The molecule has 1 heterocycles. The number of nitrogens with zero attached hydrogens (tertiary/aromatic N) is 1. The summed E-state index contributed by atoms with van der Waals surface area (Å²) in [6, 6.07) is 7.34.